The summed E-state index contributed by atoms with van der Waals surface area (Å²) in [4.78, 5) is 16.6. The average molecular weight is 362 g/mol. The molecule has 1 atom stereocenters. The molecule has 0 saturated carbocycles. The van der Waals surface area contributed by atoms with Gasteiger partial charge in [0.2, 0.25) is 5.13 Å². The lowest BCUT2D eigenvalue weighted by Gasteiger charge is -2.35. The highest BCUT2D eigenvalue weighted by Gasteiger charge is 2.27. The highest BCUT2D eigenvalue weighted by Crippen LogP contribution is 2.22. The first-order valence-corrected chi connectivity index (χ1v) is 9.03. The van der Waals surface area contributed by atoms with Gasteiger partial charge in [0.15, 0.2) is 6.10 Å². The molecule has 25 heavy (non-hydrogen) atoms. The number of anilines is 1. The van der Waals surface area contributed by atoms with Crippen molar-refractivity contribution in [2.45, 2.75) is 20.0 Å². The number of carbonyl (C=O) groups excluding carboxylic acids is 1. The van der Waals surface area contributed by atoms with Gasteiger partial charge in [-0.25, -0.2) is 0 Å². The van der Waals surface area contributed by atoms with Crippen LogP contribution in [0.4, 0.5) is 5.13 Å². The van der Waals surface area contributed by atoms with Crippen molar-refractivity contribution in [2.75, 3.05) is 38.2 Å². The van der Waals surface area contributed by atoms with Crippen LogP contribution < -0.4 is 14.4 Å². The van der Waals surface area contributed by atoms with E-state index in [1.807, 2.05) is 24.0 Å². The zero-order valence-electron chi connectivity index (χ0n) is 14.6. The Balaban J connectivity index is 1.52. The number of nitrogens with zero attached hydrogens (tertiary/aromatic N) is 4. The van der Waals surface area contributed by atoms with Crippen LogP contribution in [0.5, 0.6) is 11.5 Å². The minimum atomic E-state index is -0.524. The van der Waals surface area contributed by atoms with Gasteiger partial charge < -0.3 is 19.3 Å². The first-order valence-electron chi connectivity index (χ1n) is 8.21. The minimum absolute atomic E-state index is 0.00362. The molecule has 0 aliphatic carbocycles. The summed E-state index contributed by atoms with van der Waals surface area (Å²) in [6.45, 7) is 6.57. The molecule has 8 heteroatoms. The number of hydrogen-bond donors (Lipinski definition) is 0. The molecule has 1 unspecified atom stereocenters. The summed E-state index contributed by atoms with van der Waals surface area (Å²) in [5, 5.41) is 10.1. The number of carbonyl (C=O) groups is 1. The highest BCUT2D eigenvalue weighted by molar-refractivity contribution is 7.15. The van der Waals surface area contributed by atoms with Gasteiger partial charge in [0, 0.05) is 26.2 Å². The third-order valence-electron chi connectivity index (χ3n) is 4.10. The third-order valence-corrected chi connectivity index (χ3v) is 5.00. The predicted octanol–water partition coefficient (Wildman–Crippen LogP) is 1.97. The van der Waals surface area contributed by atoms with E-state index in [4.69, 9.17) is 9.47 Å². The molecular formula is C17H22N4O3S. The fourth-order valence-electron chi connectivity index (χ4n) is 2.70. The second kappa shape index (κ2) is 7.69. The van der Waals surface area contributed by atoms with Crippen LogP contribution in [0.1, 0.15) is 11.9 Å². The van der Waals surface area contributed by atoms with Crippen LogP contribution in [0.15, 0.2) is 24.3 Å². The Morgan fingerprint density at radius 3 is 2.32 bits per heavy atom. The zero-order valence-corrected chi connectivity index (χ0v) is 15.5. The molecule has 1 amide bonds. The molecule has 1 aliphatic heterocycles. The number of aromatic nitrogens is 2. The number of ether oxygens (including phenoxy) is 2. The van der Waals surface area contributed by atoms with Crippen LogP contribution in [-0.4, -0.2) is 60.4 Å². The van der Waals surface area contributed by atoms with Crippen LogP contribution in [0.3, 0.4) is 0 Å². The van der Waals surface area contributed by atoms with Crippen LogP contribution in [0.25, 0.3) is 0 Å². The van der Waals surface area contributed by atoms with Crippen molar-refractivity contribution >= 4 is 22.4 Å². The number of hydrogen-bond acceptors (Lipinski definition) is 7. The van der Waals surface area contributed by atoms with Crippen molar-refractivity contribution in [3.63, 3.8) is 0 Å². The van der Waals surface area contributed by atoms with Gasteiger partial charge in [-0.1, -0.05) is 11.3 Å². The van der Waals surface area contributed by atoms with E-state index in [1.54, 1.807) is 37.5 Å². The Labute approximate surface area is 151 Å². The van der Waals surface area contributed by atoms with Crippen molar-refractivity contribution in [3.05, 3.63) is 29.3 Å². The molecule has 1 aliphatic rings. The smallest absolute Gasteiger partial charge is 0.263 e. The van der Waals surface area contributed by atoms with Crippen molar-refractivity contribution < 1.29 is 14.3 Å². The SMILES string of the molecule is COc1ccc(OC(C)C(=O)N2CCN(c3nnc(C)s3)CC2)cc1. The number of piperazine rings is 1. The fourth-order valence-corrected chi connectivity index (χ4v) is 3.44. The zero-order chi connectivity index (χ0) is 17.8. The van der Waals surface area contributed by atoms with Crippen LogP contribution in [0.2, 0.25) is 0 Å². The molecule has 2 aromatic rings. The van der Waals surface area contributed by atoms with E-state index < -0.39 is 6.10 Å². The molecule has 3 rings (SSSR count). The lowest BCUT2D eigenvalue weighted by molar-refractivity contribution is -0.138. The van der Waals surface area contributed by atoms with Gasteiger partial charge in [0.25, 0.3) is 5.91 Å². The lowest BCUT2D eigenvalue weighted by Crippen LogP contribution is -2.52. The van der Waals surface area contributed by atoms with Crippen molar-refractivity contribution in [2.24, 2.45) is 0 Å². The third kappa shape index (κ3) is 4.19. The summed E-state index contributed by atoms with van der Waals surface area (Å²) in [6, 6.07) is 7.24. The highest BCUT2D eigenvalue weighted by atomic mass is 32.1. The second-order valence-corrected chi connectivity index (χ2v) is 7.01. The van der Waals surface area contributed by atoms with E-state index in [0.717, 1.165) is 29.0 Å². The van der Waals surface area contributed by atoms with Crippen molar-refractivity contribution in [1.29, 1.82) is 0 Å². The molecule has 1 aromatic heterocycles. The maximum Gasteiger partial charge on any atom is 0.263 e. The molecule has 7 nitrogen and oxygen atoms in total. The van der Waals surface area contributed by atoms with E-state index in [-0.39, 0.29) is 5.91 Å². The quantitative estimate of drug-likeness (QED) is 0.810. The molecule has 0 radical (unpaired) electrons. The van der Waals surface area contributed by atoms with Gasteiger partial charge in [-0.15, -0.1) is 10.2 Å². The van der Waals surface area contributed by atoms with E-state index in [9.17, 15) is 4.79 Å². The average Bonchev–Trinajstić information content (AvgIpc) is 3.08. The normalized spacial score (nSPS) is 15.8. The second-order valence-electron chi connectivity index (χ2n) is 5.85. The Kier molecular flexibility index (Phi) is 5.37. The molecule has 1 saturated heterocycles. The number of rotatable bonds is 5. The molecular weight excluding hydrogens is 340 g/mol. The van der Waals surface area contributed by atoms with Gasteiger partial charge in [-0.3, -0.25) is 4.79 Å². The van der Waals surface area contributed by atoms with E-state index >= 15 is 0 Å². The summed E-state index contributed by atoms with van der Waals surface area (Å²) < 4.78 is 10.9. The molecule has 0 bridgehead atoms. The minimum Gasteiger partial charge on any atom is -0.497 e. The monoisotopic (exact) mass is 362 g/mol. The van der Waals surface area contributed by atoms with Gasteiger partial charge in [0.1, 0.15) is 16.5 Å². The topological polar surface area (TPSA) is 67.8 Å². The Morgan fingerprint density at radius 2 is 1.76 bits per heavy atom. The first-order chi connectivity index (χ1) is 12.1. The van der Waals surface area contributed by atoms with Crippen LogP contribution in [-0.2, 0) is 4.79 Å². The summed E-state index contributed by atoms with van der Waals surface area (Å²) >= 11 is 1.58. The standard InChI is InChI=1S/C17H22N4O3S/c1-12(24-15-6-4-14(23-3)5-7-15)16(22)20-8-10-21(11-9-20)17-19-18-13(2)25-17/h4-7,12H,8-11H2,1-3H3. The van der Waals surface area contributed by atoms with Gasteiger partial charge >= 0.3 is 0 Å². The van der Waals surface area contributed by atoms with Gasteiger partial charge in [-0.05, 0) is 38.1 Å². The number of benzene rings is 1. The molecule has 0 N–H and O–H groups in total. The largest absolute Gasteiger partial charge is 0.497 e. The lowest BCUT2D eigenvalue weighted by atomic mass is 10.2. The molecule has 134 valence electrons. The first kappa shape index (κ1) is 17.5. The maximum atomic E-state index is 12.6. The molecule has 1 aromatic carbocycles. The number of amides is 1. The Hall–Kier alpha value is -2.35. The summed E-state index contributed by atoms with van der Waals surface area (Å²) in [5.41, 5.74) is 0. The van der Waals surface area contributed by atoms with Crippen LogP contribution >= 0.6 is 11.3 Å². The summed E-state index contributed by atoms with van der Waals surface area (Å²) in [6.07, 6.45) is -0.524. The van der Waals surface area contributed by atoms with Crippen molar-refractivity contribution in [3.8, 4) is 11.5 Å². The molecule has 2 heterocycles. The maximum absolute atomic E-state index is 12.6. The summed E-state index contributed by atoms with van der Waals surface area (Å²) in [7, 11) is 1.62. The Bertz CT molecular complexity index is 711. The molecule has 0 spiro atoms. The Morgan fingerprint density at radius 1 is 1.12 bits per heavy atom. The van der Waals surface area contributed by atoms with Gasteiger partial charge in [0.05, 0.1) is 7.11 Å². The van der Waals surface area contributed by atoms with E-state index in [2.05, 4.69) is 15.1 Å². The number of methoxy groups -OCH3 is 1. The van der Waals surface area contributed by atoms with Crippen LogP contribution in [0, 0.1) is 6.92 Å². The fraction of sp³-hybridized carbons (Fsp3) is 0.471. The number of aryl methyl sites for hydroxylation is 1. The predicted molar refractivity (Wildman–Crippen MR) is 96.5 cm³/mol. The summed E-state index contributed by atoms with van der Waals surface area (Å²) in [5.74, 6) is 1.42. The van der Waals surface area contributed by atoms with Gasteiger partial charge in [-0.2, -0.15) is 0 Å². The van der Waals surface area contributed by atoms with E-state index in [1.165, 1.54) is 0 Å². The van der Waals surface area contributed by atoms with Crippen molar-refractivity contribution in [1.82, 2.24) is 15.1 Å². The van der Waals surface area contributed by atoms with E-state index in [0.29, 0.717) is 18.8 Å². The molecule has 1 fully saturated rings.